The van der Waals surface area contributed by atoms with Crippen molar-refractivity contribution in [2.24, 2.45) is 5.73 Å². The first-order valence-corrected chi connectivity index (χ1v) is 7.13. The van der Waals surface area contributed by atoms with Crippen molar-refractivity contribution in [2.75, 3.05) is 6.61 Å². The van der Waals surface area contributed by atoms with Crippen molar-refractivity contribution in [3.8, 4) is 0 Å². The van der Waals surface area contributed by atoms with E-state index in [1.54, 1.807) is 0 Å². The van der Waals surface area contributed by atoms with E-state index in [0.717, 1.165) is 25.9 Å². The quantitative estimate of drug-likeness (QED) is 0.546. The Hall–Kier alpha value is -0.0800. The molecule has 16 heavy (non-hydrogen) atoms. The molecular weight excluding hydrogens is 198 g/mol. The Balaban J connectivity index is 3.60. The van der Waals surface area contributed by atoms with Crippen LogP contribution in [0.15, 0.2) is 0 Å². The summed E-state index contributed by atoms with van der Waals surface area (Å²) in [5, 5.41) is 0. The Morgan fingerprint density at radius 2 is 1.56 bits per heavy atom. The maximum atomic E-state index is 6.18. The highest BCUT2D eigenvalue weighted by Crippen LogP contribution is 2.13. The van der Waals surface area contributed by atoms with E-state index in [1.165, 1.54) is 32.1 Å². The SMILES string of the molecule is CCCCCCCC(N)C(CCC)OCC. The van der Waals surface area contributed by atoms with E-state index in [2.05, 4.69) is 20.8 Å². The van der Waals surface area contributed by atoms with Gasteiger partial charge in [0, 0.05) is 12.6 Å². The second kappa shape index (κ2) is 11.4. The molecule has 0 radical (unpaired) electrons. The minimum Gasteiger partial charge on any atom is -0.377 e. The average Bonchev–Trinajstić information content (AvgIpc) is 2.28. The number of hydrogen-bond acceptors (Lipinski definition) is 2. The Morgan fingerprint density at radius 3 is 2.12 bits per heavy atom. The molecule has 0 saturated carbocycles. The Morgan fingerprint density at radius 1 is 0.875 bits per heavy atom. The van der Waals surface area contributed by atoms with Crippen LogP contribution in [-0.4, -0.2) is 18.8 Å². The van der Waals surface area contributed by atoms with Gasteiger partial charge in [0.1, 0.15) is 0 Å². The summed E-state index contributed by atoms with van der Waals surface area (Å²) in [4.78, 5) is 0. The smallest absolute Gasteiger partial charge is 0.0725 e. The summed E-state index contributed by atoms with van der Waals surface area (Å²) in [6, 6.07) is 0.238. The molecule has 0 amide bonds. The van der Waals surface area contributed by atoms with Gasteiger partial charge in [0.2, 0.25) is 0 Å². The molecule has 0 fully saturated rings. The number of nitrogens with two attached hydrogens (primary N) is 1. The number of rotatable bonds is 11. The molecule has 0 heterocycles. The third-order valence-corrected chi connectivity index (χ3v) is 3.07. The molecule has 0 aliphatic rings. The van der Waals surface area contributed by atoms with Crippen LogP contribution in [0, 0.1) is 0 Å². The lowest BCUT2D eigenvalue weighted by atomic mass is 10.00. The maximum Gasteiger partial charge on any atom is 0.0725 e. The topological polar surface area (TPSA) is 35.2 Å². The molecule has 0 aromatic heterocycles. The molecule has 98 valence electrons. The van der Waals surface area contributed by atoms with Gasteiger partial charge in [0.25, 0.3) is 0 Å². The molecular formula is C14H31NO. The van der Waals surface area contributed by atoms with E-state index < -0.39 is 0 Å². The van der Waals surface area contributed by atoms with Gasteiger partial charge in [-0.15, -0.1) is 0 Å². The molecule has 0 spiro atoms. The van der Waals surface area contributed by atoms with E-state index in [-0.39, 0.29) is 12.1 Å². The number of ether oxygens (including phenoxy) is 1. The first-order chi connectivity index (χ1) is 7.76. The fraction of sp³-hybridized carbons (Fsp3) is 1.00. The summed E-state index contributed by atoms with van der Waals surface area (Å²) in [5.41, 5.74) is 6.18. The minimum absolute atomic E-state index is 0.238. The lowest BCUT2D eigenvalue weighted by Gasteiger charge is -2.23. The second-order valence-corrected chi connectivity index (χ2v) is 4.65. The van der Waals surface area contributed by atoms with Crippen LogP contribution in [-0.2, 0) is 4.74 Å². The zero-order valence-electron chi connectivity index (χ0n) is 11.5. The van der Waals surface area contributed by atoms with E-state index >= 15 is 0 Å². The average molecular weight is 229 g/mol. The zero-order valence-corrected chi connectivity index (χ0v) is 11.5. The van der Waals surface area contributed by atoms with Crippen molar-refractivity contribution in [3.05, 3.63) is 0 Å². The molecule has 0 rings (SSSR count). The second-order valence-electron chi connectivity index (χ2n) is 4.65. The normalized spacial score (nSPS) is 15.0. The first kappa shape index (κ1) is 15.9. The molecule has 2 nitrogen and oxygen atoms in total. The molecule has 0 aliphatic carbocycles. The van der Waals surface area contributed by atoms with Crippen molar-refractivity contribution in [1.29, 1.82) is 0 Å². The van der Waals surface area contributed by atoms with Gasteiger partial charge in [-0.3, -0.25) is 0 Å². The Labute approximate surface area is 102 Å². The van der Waals surface area contributed by atoms with E-state index in [4.69, 9.17) is 10.5 Å². The van der Waals surface area contributed by atoms with Crippen molar-refractivity contribution in [2.45, 2.75) is 84.3 Å². The highest BCUT2D eigenvalue weighted by atomic mass is 16.5. The van der Waals surface area contributed by atoms with Gasteiger partial charge < -0.3 is 10.5 Å². The van der Waals surface area contributed by atoms with Crippen LogP contribution in [0.1, 0.15) is 72.1 Å². The maximum absolute atomic E-state index is 6.18. The summed E-state index contributed by atoms with van der Waals surface area (Å²) >= 11 is 0. The lowest BCUT2D eigenvalue weighted by molar-refractivity contribution is 0.0352. The molecule has 2 N–H and O–H groups in total. The minimum atomic E-state index is 0.238. The fourth-order valence-corrected chi connectivity index (χ4v) is 2.09. The largest absolute Gasteiger partial charge is 0.377 e. The molecule has 2 atom stereocenters. The van der Waals surface area contributed by atoms with Crippen LogP contribution in [0.5, 0.6) is 0 Å². The molecule has 0 aromatic rings. The summed E-state index contributed by atoms with van der Waals surface area (Å²) < 4.78 is 5.70. The first-order valence-electron chi connectivity index (χ1n) is 7.13. The predicted molar refractivity (Wildman–Crippen MR) is 71.7 cm³/mol. The van der Waals surface area contributed by atoms with Gasteiger partial charge in [0.15, 0.2) is 0 Å². The summed E-state index contributed by atoms with van der Waals surface area (Å²) in [7, 11) is 0. The molecule has 2 unspecified atom stereocenters. The van der Waals surface area contributed by atoms with Crippen LogP contribution in [0.2, 0.25) is 0 Å². The molecule has 0 aromatic carbocycles. The third-order valence-electron chi connectivity index (χ3n) is 3.07. The Bertz CT molecular complexity index is 133. The number of unbranched alkanes of at least 4 members (excludes halogenated alkanes) is 4. The predicted octanol–water partition coefficient (Wildman–Crippen LogP) is 3.88. The van der Waals surface area contributed by atoms with Crippen LogP contribution >= 0.6 is 0 Å². The van der Waals surface area contributed by atoms with Gasteiger partial charge in [-0.1, -0.05) is 52.4 Å². The fourth-order valence-electron chi connectivity index (χ4n) is 2.09. The highest BCUT2D eigenvalue weighted by molar-refractivity contribution is 4.73. The van der Waals surface area contributed by atoms with Crippen molar-refractivity contribution in [3.63, 3.8) is 0 Å². The van der Waals surface area contributed by atoms with Crippen LogP contribution in [0.3, 0.4) is 0 Å². The van der Waals surface area contributed by atoms with Crippen LogP contribution in [0.4, 0.5) is 0 Å². The standard InChI is InChI=1S/C14H31NO/c1-4-7-8-9-10-12-13(15)14(11-5-2)16-6-3/h13-14H,4-12,15H2,1-3H3. The molecule has 0 bridgehead atoms. The lowest BCUT2D eigenvalue weighted by Crippen LogP contribution is -2.36. The molecule has 2 heteroatoms. The van der Waals surface area contributed by atoms with E-state index in [1.807, 2.05) is 0 Å². The Kier molecular flexibility index (Phi) is 11.3. The third kappa shape index (κ3) is 8.12. The summed E-state index contributed by atoms with van der Waals surface area (Å²) in [6.07, 6.45) is 10.3. The highest BCUT2D eigenvalue weighted by Gasteiger charge is 2.16. The summed E-state index contributed by atoms with van der Waals surface area (Å²) in [5.74, 6) is 0. The van der Waals surface area contributed by atoms with Crippen LogP contribution in [0.25, 0.3) is 0 Å². The van der Waals surface area contributed by atoms with Gasteiger partial charge >= 0.3 is 0 Å². The summed E-state index contributed by atoms with van der Waals surface area (Å²) in [6.45, 7) is 7.28. The van der Waals surface area contributed by atoms with Gasteiger partial charge in [-0.2, -0.15) is 0 Å². The monoisotopic (exact) mass is 229 g/mol. The van der Waals surface area contributed by atoms with Crippen molar-refractivity contribution in [1.82, 2.24) is 0 Å². The zero-order chi connectivity index (χ0) is 12.2. The molecule has 0 aliphatic heterocycles. The number of hydrogen-bond donors (Lipinski definition) is 1. The van der Waals surface area contributed by atoms with E-state index in [9.17, 15) is 0 Å². The van der Waals surface area contributed by atoms with Crippen molar-refractivity contribution >= 4 is 0 Å². The van der Waals surface area contributed by atoms with Crippen molar-refractivity contribution < 1.29 is 4.74 Å². The van der Waals surface area contributed by atoms with Gasteiger partial charge in [-0.05, 0) is 19.8 Å². The van der Waals surface area contributed by atoms with Gasteiger partial charge in [-0.25, -0.2) is 0 Å². The van der Waals surface area contributed by atoms with E-state index in [0.29, 0.717) is 0 Å². The molecule has 0 saturated heterocycles. The van der Waals surface area contributed by atoms with Gasteiger partial charge in [0.05, 0.1) is 6.10 Å². The van der Waals surface area contributed by atoms with Crippen LogP contribution < -0.4 is 5.73 Å².